The molecule has 1 aromatic rings. The Hall–Kier alpha value is -0.630. The highest BCUT2D eigenvalue weighted by Crippen LogP contribution is 2.27. The molecule has 1 aromatic carbocycles. The maximum atomic E-state index is 11.3. The van der Waals surface area contributed by atoms with E-state index in [1.165, 1.54) is 11.1 Å². The van der Waals surface area contributed by atoms with Gasteiger partial charge in [-0.3, -0.25) is 4.79 Å². The van der Waals surface area contributed by atoms with Crippen molar-refractivity contribution in [2.45, 2.75) is 27.7 Å². The van der Waals surface area contributed by atoms with Crippen LogP contribution in [-0.2, 0) is 0 Å². The van der Waals surface area contributed by atoms with Gasteiger partial charge in [-0.15, -0.1) is 0 Å². The van der Waals surface area contributed by atoms with E-state index in [-0.39, 0.29) is 5.78 Å². The molecule has 0 amide bonds. The van der Waals surface area contributed by atoms with Gasteiger partial charge in [0.05, 0.1) is 0 Å². The van der Waals surface area contributed by atoms with Gasteiger partial charge in [-0.05, 0) is 66.4 Å². The van der Waals surface area contributed by atoms with Gasteiger partial charge in [0.25, 0.3) is 0 Å². The van der Waals surface area contributed by atoms with Crippen LogP contribution >= 0.6 is 15.9 Å². The summed E-state index contributed by atoms with van der Waals surface area (Å²) in [7, 11) is 0. The van der Waals surface area contributed by atoms with Crippen LogP contribution in [0.4, 0.5) is 0 Å². The first-order chi connectivity index (χ1) is 5.95. The number of Topliss-reactive ketones (excluding diaryl/α,β-unsaturated/α-hetero) is 1. The van der Waals surface area contributed by atoms with Crippen LogP contribution in [0.5, 0.6) is 0 Å². The summed E-state index contributed by atoms with van der Waals surface area (Å²) in [4.78, 5) is 11.3. The summed E-state index contributed by atoms with van der Waals surface area (Å²) in [6, 6.07) is 1.94. The average molecular weight is 241 g/mol. The highest BCUT2D eigenvalue weighted by Gasteiger charge is 2.10. The van der Waals surface area contributed by atoms with Crippen molar-refractivity contribution in [2.24, 2.45) is 0 Å². The fourth-order valence-electron chi connectivity index (χ4n) is 1.31. The van der Waals surface area contributed by atoms with E-state index in [4.69, 9.17) is 0 Å². The second-order valence-corrected chi connectivity index (χ2v) is 4.15. The standard InChI is InChI=1S/C11H13BrO/c1-6-5-10(9(4)13)11(12)8(3)7(6)2/h5H,1-4H3. The van der Waals surface area contributed by atoms with E-state index in [2.05, 4.69) is 22.9 Å². The lowest BCUT2D eigenvalue weighted by Crippen LogP contribution is -1.99. The summed E-state index contributed by atoms with van der Waals surface area (Å²) < 4.78 is 0.933. The van der Waals surface area contributed by atoms with E-state index in [9.17, 15) is 4.79 Å². The number of hydrogen-bond acceptors (Lipinski definition) is 1. The van der Waals surface area contributed by atoms with Crippen LogP contribution in [0, 0.1) is 20.8 Å². The summed E-state index contributed by atoms with van der Waals surface area (Å²) in [6.07, 6.45) is 0. The van der Waals surface area contributed by atoms with E-state index >= 15 is 0 Å². The van der Waals surface area contributed by atoms with E-state index in [0.717, 1.165) is 15.6 Å². The van der Waals surface area contributed by atoms with Crippen molar-refractivity contribution < 1.29 is 4.79 Å². The molecule has 0 N–H and O–H groups in total. The summed E-state index contributed by atoms with van der Waals surface area (Å²) in [5.74, 6) is 0.109. The minimum absolute atomic E-state index is 0.109. The normalized spacial score (nSPS) is 10.2. The average Bonchev–Trinajstić information content (AvgIpc) is 2.07. The lowest BCUT2D eigenvalue weighted by atomic mass is 9.99. The third-order valence-electron chi connectivity index (χ3n) is 2.46. The van der Waals surface area contributed by atoms with Gasteiger partial charge < -0.3 is 0 Å². The molecule has 0 aliphatic heterocycles. The van der Waals surface area contributed by atoms with Crippen molar-refractivity contribution in [2.75, 3.05) is 0 Å². The Bertz CT molecular complexity index is 367. The van der Waals surface area contributed by atoms with Crippen molar-refractivity contribution in [1.82, 2.24) is 0 Å². The Balaban J connectivity index is 3.50. The van der Waals surface area contributed by atoms with Crippen LogP contribution in [0.1, 0.15) is 34.0 Å². The molecular formula is C11H13BrO. The smallest absolute Gasteiger partial charge is 0.160 e. The number of rotatable bonds is 1. The Morgan fingerprint density at radius 1 is 1.23 bits per heavy atom. The van der Waals surface area contributed by atoms with Crippen LogP contribution in [-0.4, -0.2) is 5.78 Å². The lowest BCUT2D eigenvalue weighted by molar-refractivity contribution is 0.101. The SMILES string of the molecule is CC(=O)c1cc(C)c(C)c(C)c1Br. The van der Waals surface area contributed by atoms with Gasteiger partial charge in [0.1, 0.15) is 0 Å². The Kier molecular flexibility index (Phi) is 2.91. The molecule has 1 nitrogen and oxygen atoms in total. The minimum Gasteiger partial charge on any atom is -0.294 e. The molecule has 70 valence electrons. The third kappa shape index (κ3) is 1.83. The quantitative estimate of drug-likeness (QED) is 0.687. The summed E-state index contributed by atoms with van der Waals surface area (Å²) >= 11 is 3.44. The van der Waals surface area contributed by atoms with Crippen molar-refractivity contribution in [3.05, 3.63) is 32.8 Å². The molecule has 0 atom stereocenters. The van der Waals surface area contributed by atoms with E-state index in [1.54, 1.807) is 6.92 Å². The first-order valence-corrected chi connectivity index (χ1v) is 5.01. The Labute approximate surface area is 87.3 Å². The second-order valence-electron chi connectivity index (χ2n) is 3.36. The molecule has 0 saturated heterocycles. The predicted molar refractivity (Wildman–Crippen MR) is 58.4 cm³/mol. The highest BCUT2D eigenvalue weighted by molar-refractivity contribution is 9.10. The fraction of sp³-hybridized carbons (Fsp3) is 0.364. The number of carbonyl (C=O) groups excluding carboxylic acids is 1. The van der Waals surface area contributed by atoms with Crippen molar-refractivity contribution in [1.29, 1.82) is 0 Å². The zero-order chi connectivity index (χ0) is 10.2. The number of ketones is 1. The summed E-state index contributed by atoms with van der Waals surface area (Å²) in [5.41, 5.74) is 4.36. The van der Waals surface area contributed by atoms with Crippen LogP contribution in [0.2, 0.25) is 0 Å². The molecule has 0 bridgehead atoms. The number of benzene rings is 1. The van der Waals surface area contributed by atoms with Gasteiger partial charge in [0.2, 0.25) is 0 Å². The zero-order valence-electron chi connectivity index (χ0n) is 8.36. The van der Waals surface area contributed by atoms with Crippen LogP contribution < -0.4 is 0 Å². The van der Waals surface area contributed by atoms with E-state index in [0.29, 0.717) is 0 Å². The van der Waals surface area contributed by atoms with Crippen molar-refractivity contribution in [3.8, 4) is 0 Å². The largest absolute Gasteiger partial charge is 0.294 e. The molecule has 0 fully saturated rings. The molecule has 0 aliphatic rings. The van der Waals surface area contributed by atoms with Crippen LogP contribution in [0.15, 0.2) is 10.5 Å². The molecule has 1 rings (SSSR count). The van der Waals surface area contributed by atoms with Crippen LogP contribution in [0.25, 0.3) is 0 Å². The van der Waals surface area contributed by atoms with Gasteiger partial charge in [-0.1, -0.05) is 0 Å². The first-order valence-electron chi connectivity index (χ1n) is 4.22. The molecule has 0 aliphatic carbocycles. The molecule has 0 heterocycles. The minimum atomic E-state index is 0.109. The molecule has 0 unspecified atom stereocenters. The van der Waals surface area contributed by atoms with Gasteiger partial charge in [0.15, 0.2) is 5.78 Å². The van der Waals surface area contributed by atoms with Gasteiger partial charge >= 0.3 is 0 Å². The monoisotopic (exact) mass is 240 g/mol. The van der Waals surface area contributed by atoms with E-state index in [1.807, 2.05) is 19.9 Å². The van der Waals surface area contributed by atoms with Gasteiger partial charge in [-0.2, -0.15) is 0 Å². The lowest BCUT2D eigenvalue weighted by Gasteiger charge is -2.10. The van der Waals surface area contributed by atoms with Crippen molar-refractivity contribution >= 4 is 21.7 Å². The maximum Gasteiger partial charge on any atom is 0.160 e. The summed E-state index contributed by atoms with van der Waals surface area (Å²) in [6.45, 7) is 7.72. The molecule has 0 spiro atoms. The number of carbonyl (C=O) groups is 1. The number of hydrogen-bond donors (Lipinski definition) is 0. The zero-order valence-corrected chi connectivity index (χ0v) is 9.95. The third-order valence-corrected chi connectivity index (χ3v) is 3.48. The van der Waals surface area contributed by atoms with Gasteiger partial charge in [0, 0.05) is 10.0 Å². The predicted octanol–water partition coefficient (Wildman–Crippen LogP) is 3.58. The molecule has 0 aromatic heterocycles. The number of aryl methyl sites for hydroxylation is 1. The molecule has 0 saturated carbocycles. The Morgan fingerprint density at radius 2 is 1.77 bits per heavy atom. The van der Waals surface area contributed by atoms with Crippen molar-refractivity contribution in [3.63, 3.8) is 0 Å². The van der Waals surface area contributed by atoms with E-state index < -0.39 is 0 Å². The molecule has 0 radical (unpaired) electrons. The maximum absolute atomic E-state index is 11.3. The molecule has 2 heteroatoms. The summed E-state index contributed by atoms with van der Waals surface area (Å²) in [5, 5.41) is 0. The molecule has 13 heavy (non-hydrogen) atoms. The van der Waals surface area contributed by atoms with Crippen LogP contribution in [0.3, 0.4) is 0 Å². The fourth-order valence-corrected chi connectivity index (χ4v) is 2.00. The number of halogens is 1. The highest BCUT2D eigenvalue weighted by atomic mass is 79.9. The second kappa shape index (κ2) is 3.62. The van der Waals surface area contributed by atoms with Gasteiger partial charge in [-0.25, -0.2) is 0 Å². The first kappa shape index (κ1) is 10.5. The Morgan fingerprint density at radius 3 is 2.23 bits per heavy atom. The topological polar surface area (TPSA) is 17.1 Å². The molecular weight excluding hydrogens is 228 g/mol.